The molecule has 0 aliphatic rings. The van der Waals surface area contributed by atoms with Gasteiger partial charge in [0.15, 0.2) is 0 Å². The quantitative estimate of drug-likeness (QED) is 0.852. The van der Waals surface area contributed by atoms with E-state index in [9.17, 15) is 4.79 Å². The van der Waals surface area contributed by atoms with Gasteiger partial charge in [0.1, 0.15) is 5.82 Å². The number of nitrogens with two attached hydrogens (primary N) is 1. The van der Waals surface area contributed by atoms with Gasteiger partial charge in [-0.15, -0.1) is 0 Å². The molecule has 0 spiro atoms. The number of nitrogen functional groups attached to an aromatic ring is 1. The van der Waals surface area contributed by atoms with E-state index in [-0.39, 0.29) is 11.5 Å². The zero-order valence-electron chi connectivity index (χ0n) is 7.72. The Bertz CT molecular complexity index is 536. The van der Waals surface area contributed by atoms with Crippen molar-refractivity contribution in [2.75, 3.05) is 5.73 Å². The second kappa shape index (κ2) is 3.86. The fraction of sp³-hybridized carbons (Fsp3) is 0. The molecular weight excluding hydrogens is 258 g/mol. The summed E-state index contributed by atoms with van der Waals surface area (Å²) in [7, 11) is 0. The Hall–Kier alpha value is -1.62. The molecule has 0 aliphatic heterocycles. The lowest BCUT2D eigenvalue weighted by atomic mass is 10.3. The van der Waals surface area contributed by atoms with Crippen molar-refractivity contribution >= 4 is 21.7 Å². The number of halogens is 1. The zero-order chi connectivity index (χ0) is 10.8. The summed E-state index contributed by atoms with van der Waals surface area (Å²) in [4.78, 5) is 15.2. The third kappa shape index (κ3) is 1.92. The summed E-state index contributed by atoms with van der Waals surface area (Å²) >= 11 is 3.23. The molecule has 0 saturated heterocycles. The van der Waals surface area contributed by atoms with Crippen molar-refractivity contribution in [3.63, 3.8) is 0 Å². The van der Waals surface area contributed by atoms with Crippen molar-refractivity contribution in [3.8, 4) is 5.69 Å². The Kier molecular flexibility index (Phi) is 2.55. The van der Waals surface area contributed by atoms with E-state index in [2.05, 4.69) is 20.9 Å². The van der Waals surface area contributed by atoms with Crippen molar-refractivity contribution in [2.24, 2.45) is 0 Å². The van der Waals surface area contributed by atoms with Crippen molar-refractivity contribution in [3.05, 3.63) is 51.5 Å². The van der Waals surface area contributed by atoms with Gasteiger partial charge in [-0.25, -0.2) is 4.79 Å². The summed E-state index contributed by atoms with van der Waals surface area (Å²) in [5, 5.41) is 0. The molecule has 76 valence electrons. The summed E-state index contributed by atoms with van der Waals surface area (Å²) in [6.45, 7) is 0. The van der Waals surface area contributed by atoms with E-state index >= 15 is 0 Å². The Morgan fingerprint density at radius 3 is 2.60 bits per heavy atom. The molecule has 0 aliphatic carbocycles. The summed E-state index contributed by atoms with van der Waals surface area (Å²) < 4.78 is 2.03. The SMILES string of the molecule is Nc1nc(=O)n(-c2ccccc2)cc1Br. The Labute approximate surface area is 94.5 Å². The highest BCUT2D eigenvalue weighted by atomic mass is 79.9. The average molecular weight is 266 g/mol. The first-order valence-corrected chi connectivity index (χ1v) is 5.08. The van der Waals surface area contributed by atoms with Crippen LogP contribution in [0.25, 0.3) is 5.69 Å². The molecule has 0 fully saturated rings. The van der Waals surface area contributed by atoms with Crippen molar-refractivity contribution in [1.29, 1.82) is 0 Å². The lowest BCUT2D eigenvalue weighted by Crippen LogP contribution is -2.22. The van der Waals surface area contributed by atoms with E-state index < -0.39 is 0 Å². The minimum atomic E-state index is -0.387. The predicted octanol–water partition coefficient (Wildman–Crippen LogP) is 1.58. The fourth-order valence-electron chi connectivity index (χ4n) is 1.22. The van der Waals surface area contributed by atoms with E-state index in [1.807, 2.05) is 30.3 Å². The molecule has 1 heterocycles. The molecule has 0 unspecified atom stereocenters. The number of para-hydroxylation sites is 1. The summed E-state index contributed by atoms with van der Waals surface area (Å²) in [6.07, 6.45) is 1.61. The Balaban J connectivity index is 2.65. The topological polar surface area (TPSA) is 60.9 Å². The van der Waals surface area contributed by atoms with Crippen molar-refractivity contribution < 1.29 is 0 Å². The van der Waals surface area contributed by atoms with Crippen LogP contribution in [0.3, 0.4) is 0 Å². The minimum absolute atomic E-state index is 0.201. The van der Waals surface area contributed by atoms with Crippen molar-refractivity contribution in [1.82, 2.24) is 9.55 Å². The van der Waals surface area contributed by atoms with Gasteiger partial charge in [0, 0.05) is 6.20 Å². The highest BCUT2D eigenvalue weighted by Crippen LogP contribution is 2.15. The molecule has 0 bridgehead atoms. The third-order valence-electron chi connectivity index (χ3n) is 1.94. The van der Waals surface area contributed by atoms with Crippen LogP contribution in [-0.2, 0) is 0 Å². The van der Waals surface area contributed by atoms with Crippen LogP contribution in [0.2, 0.25) is 0 Å². The van der Waals surface area contributed by atoms with E-state index in [1.54, 1.807) is 6.20 Å². The first kappa shape index (κ1) is 9.92. The first-order valence-electron chi connectivity index (χ1n) is 4.28. The number of anilines is 1. The average Bonchev–Trinajstić information content (AvgIpc) is 2.25. The normalized spacial score (nSPS) is 10.2. The number of nitrogens with zero attached hydrogens (tertiary/aromatic N) is 2. The highest BCUT2D eigenvalue weighted by Gasteiger charge is 2.04. The lowest BCUT2D eigenvalue weighted by Gasteiger charge is -2.05. The number of benzene rings is 1. The van der Waals surface area contributed by atoms with E-state index in [1.165, 1.54) is 4.57 Å². The van der Waals surface area contributed by atoms with Crippen LogP contribution in [0.5, 0.6) is 0 Å². The summed E-state index contributed by atoms with van der Waals surface area (Å²) in [5.74, 6) is 0.201. The summed E-state index contributed by atoms with van der Waals surface area (Å²) in [6, 6.07) is 9.24. The highest BCUT2D eigenvalue weighted by molar-refractivity contribution is 9.10. The van der Waals surface area contributed by atoms with Gasteiger partial charge in [-0.3, -0.25) is 4.57 Å². The van der Waals surface area contributed by atoms with Crippen LogP contribution >= 0.6 is 15.9 Å². The number of aromatic nitrogens is 2. The second-order valence-corrected chi connectivity index (χ2v) is 3.82. The number of hydrogen-bond donors (Lipinski definition) is 1. The van der Waals surface area contributed by atoms with Crippen LogP contribution in [-0.4, -0.2) is 9.55 Å². The molecule has 1 aromatic carbocycles. The fourth-order valence-corrected chi connectivity index (χ4v) is 1.51. The van der Waals surface area contributed by atoms with Crippen LogP contribution in [0.4, 0.5) is 5.82 Å². The van der Waals surface area contributed by atoms with Crippen LogP contribution in [0.15, 0.2) is 45.8 Å². The Morgan fingerprint density at radius 1 is 1.27 bits per heavy atom. The van der Waals surface area contributed by atoms with E-state index in [0.29, 0.717) is 4.47 Å². The molecule has 15 heavy (non-hydrogen) atoms. The monoisotopic (exact) mass is 265 g/mol. The van der Waals surface area contributed by atoms with Crippen LogP contribution in [0.1, 0.15) is 0 Å². The molecular formula is C10H8BrN3O. The summed E-state index contributed by atoms with van der Waals surface area (Å²) in [5.41, 5.74) is 5.87. The molecule has 1 aromatic heterocycles. The predicted molar refractivity (Wildman–Crippen MR) is 61.9 cm³/mol. The number of rotatable bonds is 1. The van der Waals surface area contributed by atoms with Gasteiger partial charge in [-0.2, -0.15) is 4.98 Å². The smallest absolute Gasteiger partial charge is 0.354 e. The molecule has 2 aromatic rings. The third-order valence-corrected chi connectivity index (χ3v) is 2.55. The molecule has 0 atom stereocenters. The van der Waals surface area contributed by atoms with Gasteiger partial charge in [0.25, 0.3) is 0 Å². The number of hydrogen-bond acceptors (Lipinski definition) is 3. The van der Waals surface area contributed by atoms with Gasteiger partial charge in [0.05, 0.1) is 10.2 Å². The maximum Gasteiger partial charge on any atom is 0.354 e. The van der Waals surface area contributed by atoms with E-state index in [4.69, 9.17) is 5.73 Å². The van der Waals surface area contributed by atoms with Crippen LogP contribution in [0, 0.1) is 0 Å². The van der Waals surface area contributed by atoms with Gasteiger partial charge in [-0.1, -0.05) is 18.2 Å². The van der Waals surface area contributed by atoms with Gasteiger partial charge in [-0.05, 0) is 28.1 Å². The molecule has 4 nitrogen and oxygen atoms in total. The minimum Gasteiger partial charge on any atom is -0.383 e. The van der Waals surface area contributed by atoms with Gasteiger partial charge < -0.3 is 5.73 Å². The second-order valence-electron chi connectivity index (χ2n) is 2.96. The van der Waals surface area contributed by atoms with Gasteiger partial charge >= 0.3 is 5.69 Å². The zero-order valence-corrected chi connectivity index (χ0v) is 9.31. The standard InChI is InChI=1S/C10H8BrN3O/c11-8-6-14(10(15)13-9(8)12)7-4-2-1-3-5-7/h1-6H,(H2,12,13,15). The van der Waals surface area contributed by atoms with Crippen LogP contribution < -0.4 is 11.4 Å². The molecule has 0 radical (unpaired) electrons. The first-order chi connectivity index (χ1) is 7.18. The van der Waals surface area contributed by atoms with E-state index in [0.717, 1.165) is 5.69 Å². The molecule has 0 saturated carbocycles. The molecule has 2 N–H and O–H groups in total. The molecule has 5 heteroatoms. The maximum atomic E-state index is 11.5. The molecule has 2 rings (SSSR count). The Morgan fingerprint density at radius 2 is 1.93 bits per heavy atom. The lowest BCUT2D eigenvalue weighted by molar-refractivity contribution is 0.912. The van der Waals surface area contributed by atoms with Gasteiger partial charge in [0.2, 0.25) is 0 Å². The molecule has 0 amide bonds. The van der Waals surface area contributed by atoms with Crippen molar-refractivity contribution in [2.45, 2.75) is 0 Å². The maximum absolute atomic E-state index is 11.5. The largest absolute Gasteiger partial charge is 0.383 e.